The molecule has 31 heavy (non-hydrogen) atoms. The molecule has 2 aliphatic rings. The van der Waals surface area contributed by atoms with E-state index in [0.29, 0.717) is 30.2 Å². The molecule has 2 aromatic rings. The Morgan fingerprint density at radius 2 is 2.06 bits per heavy atom. The number of fused-ring (bicyclic) bond motifs is 1. The van der Waals surface area contributed by atoms with Crippen molar-refractivity contribution < 1.29 is 19.1 Å². The van der Waals surface area contributed by atoms with E-state index in [1.807, 2.05) is 4.68 Å². The maximum atomic E-state index is 12.8. The number of hydrogen-bond acceptors (Lipinski definition) is 6. The van der Waals surface area contributed by atoms with Crippen LogP contribution in [0.15, 0.2) is 18.5 Å². The number of hydrogen-bond donors (Lipinski definition) is 2. The van der Waals surface area contributed by atoms with Crippen molar-refractivity contribution in [3.8, 4) is 11.1 Å². The summed E-state index contributed by atoms with van der Waals surface area (Å²) in [6, 6.07) is 1.78. The number of anilines is 1. The van der Waals surface area contributed by atoms with E-state index in [1.54, 1.807) is 19.4 Å². The monoisotopic (exact) mass is 447 g/mol. The number of nitrogens with two attached hydrogens (primary N) is 1. The Balaban J connectivity index is 1.49. The van der Waals surface area contributed by atoms with Gasteiger partial charge in [-0.25, -0.2) is 9.78 Å². The molecule has 0 spiro atoms. The number of aromatic nitrogens is 3. The lowest BCUT2D eigenvalue weighted by molar-refractivity contribution is -0.122. The van der Waals surface area contributed by atoms with Crippen molar-refractivity contribution in [3.05, 3.63) is 29.2 Å². The number of nitrogens with zero attached hydrogens (tertiary/aromatic N) is 3. The van der Waals surface area contributed by atoms with Gasteiger partial charge in [-0.2, -0.15) is 5.10 Å². The fraction of sp³-hybridized carbons (Fsp3) is 0.524. The highest BCUT2D eigenvalue weighted by atomic mass is 35.5. The zero-order valence-electron chi connectivity index (χ0n) is 17.3. The van der Waals surface area contributed by atoms with E-state index in [1.165, 1.54) is 6.20 Å². The Morgan fingerprint density at radius 3 is 2.84 bits per heavy atom. The summed E-state index contributed by atoms with van der Waals surface area (Å²) in [6.45, 7) is 0.703. The fourth-order valence-corrected chi connectivity index (χ4v) is 4.63. The van der Waals surface area contributed by atoms with Crippen LogP contribution >= 0.6 is 11.6 Å². The summed E-state index contributed by atoms with van der Waals surface area (Å²) in [5, 5.41) is 7.87. The van der Waals surface area contributed by atoms with Crippen molar-refractivity contribution in [3.63, 3.8) is 0 Å². The summed E-state index contributed by atoms with van der Waals surface area (Å²) in [7, 11) is 1.71. The highest BCUT2D eigenvalue weighted by molar-refractivity contribution is 6.33. The van der Waals surface area contributed by atoms with Crippen LogP contribution in [0.2, 0.25) is 5.02 Å². The molecule has 1 aliphatic heterocycles. The molecule has 0 radical (unpaired) electrons. The molecule has 9 nitrogen and oxygen atoms in total. The maximum absolute atomic E-state index is 12.8. The molecule has 2 aromatic heterocycles. The number of carbonyl (C=O) groups excluding carboxylic acids is 2. The molecule has 1 fully saturated rings. The molecule has 166 valence electrons. The first-order valence-electron chi connectivity index (χ1n) is 10.4. The molecule has 3 heterocycles. The second-order valence-corrected chi connectivity index (χ2v) is 8.45. The number of primary amides is 1. The third kappa shape index (κ3) is 4.83. The lowest BCUT2D eigenvalue weighted by Crippen LogP contribution is -2.33. The van der Waals surface area contributed by atoms with Crippen LogP contribution in [0.5, 0.6) is 0 Å². The maximum Gasteiger partial charge on any atom is 0.404 e. The number of pyridine rings is 1. The van der Waals surface area contributed by atoms with Gasteiger partial charge in [-0.3, -0.25) is 9.48 Å². The molecule has 10 heteroatoms. The molecule has 1 unspecified atom stereocenters. The number of nitrogens with one attached hydrogen (secondary N) is 1. The van der Waals surface area contributed by atoms with Crippen molar-refractivity contribution in [1.82, 2.24) is 14.8 Å². The van der Waals surface area contributed by atoms with Gasteiger partial charge in [0.15, 0.2) is 0 Å². The lowest BCUT2D eigenvalue weighted by Gasteiger charge is -2.27. The van der Waals surface area contributed by atoms with Gasteiger partial charge < -0.3 is 20.5 Å². The largest absolute Gasteiger partial charge is 0.446 e. The standard InChI is InChI=1S/C21H26ClN5O4/c1-30-14-5-6-18-16(9-25-27(18)11-14)15-8-19(24-10-17(15)22)26-20(28)12-3-2-4-13(7-12)31-21(23)29/h8-10,12-14H,2-7,11H2,1H3,(H2,23,29)(H,24,26,28)/t12-,13+,14?/m0/s1. The third-order valence-corrected chi connectivity index (χ3v) is 6.34. The minimum atomic E-state index is -0.809. The van der Waals surface area contributed by atoms with E-state index >= 15 is 0 Å². The minimum Gasteiger partial charge on any atom is -0.446 e. The summed E-state index contributed by atoms with van der Waals surface area (Å²) >= 11 is 6.44. The normalized spacial score (nSPS) is 23.1. The smallest absolute Gasteiger partial charge is 0.404 e. The molecule has 0 aromatic carbocycles. The molecular weight excluding hydrogens is 422 g/mol. The average molecular weight is 448 g/mol. The van der Waals surface area contributed by atoms with E-state index in [-0.39, 0.29) is 24.0 Å². The number of rotatable bonds is 5. The van der Waals surface area contributed by atoms with Crippen LogP contribution < -0.4 is 11.1 Å². The second-order valence-electron chi connectivity index (χ2n) is 8.04. The number of amides is 2. The summed E-state index contributed by atoms with van der Waals surface area (Å²) in [5.41, 5.74) is 7.92. The van der Waals surface area contributed by atoms with Gasteiger partial charge in [0, 0.05) is 36.0 Å². The van der Waals surface area contributed by atoms with E-state index in [4.69, 9.17) is 26.8 Å². The number of ether oxygens (including phenoxy) is 2. The second kappa shape index (κ2) is 9.23. The Hall–Kier alpha value is -2.65. The van der Waals surface area contributed by atoms with Gasteiger partial charge in [-0.15, -0.1) is 0 Å². The fourth-order valence-electron chi connectivity index (χ4n) is 4.43. The molecule has 1 aliphatic carbocycles. The van der Waals surface area contributed by atoms with E-state index < -0.39 is 6.09 Å². The van der Waals surface area contributed by atoms with Crippen molar-refractivity contribution >= 4 is 29.4 Å². The Kier molecular flexibility index (Phi) is 6.43. The van der Waals surface area contributed by atoms with Gasteiger partial charge >= 0.3 is 6.09 Å². The molecule has 0 saturated heterocycles. The molecular formula is C21H26ClN5O4. The number of carbonyl (C=O) groups is 2. The quantitative estimate of drug-likeness (QED) is 0.726. The predicted octanol–water partition coefficient (Wildman–Crippen LogP) is 3.15. The van der Waals surface area contributed by atoms with E-state index in [2.05, 4.69) is 15.4 Å². The lowest BCUT2D eigenvalue weighted by atomic mass is 9.86. The van der Waals surface area contributed by atoms with Crippen LogP contribution in [0.1, 0.15) is 37.8 Å². The van der Waals surface area contributed by atoms with Gasteiger partial charge in [0.05, 0.1) is 23.9 Å². The van der Waals surface area contributed by atoms with Crippen molar-refractivity contribution in [2.75, 3.05) is 12.4 Å². The Morgan fingerprint density at radius 1 is 1.23 bits per heavy atom. The van der Waals surface area contributed by atoms with E-state index in [9.17, 15) is 9.59 Å². The van der Waals surface area contributed by atoms with Gasteiger partial charge in [0.1, 0.15) is 11.9 Å². The van der Waals surface area contributed by atoms with Crippen LogP contribution in [-0.4, -0.2) is 46.1 Å². The van der Waals surface area contributed by atoms with Gasteiger partial charge in [-0.05, 0) is 44.6 Å². The topological polar surface area (TPSA) is 121 Å². The first kappa shape index (κ1) is 21.6. The molecule has 3 atom stereocenters. The predicted molar refractivity (Wildman–Crippen MR) is 115 cm³/mol. The summed E-state index contributed by atoms with van der Waals surface area (Å²) < 4.78 is 12.5. The molecule has 1 saturated carbocycles. The van der Waals surface area contributed by atoms with Crippen molar-refractivity contribution in [2.45, 2.75) is 57.3 Å². The molecule has 0 bridgehead atoms. The van der Waals surface area contributed by atoms with Crippen LogP contribution in [0, 0.1) is 5.92 Å². The molecule has 3 N–H and O–H groups in total. The number of halogens is 1. The van der Waals surface area contributed by atoms with Gasteiger partial charge in [0.2, 0.25) is 5.91 Å². The Labute approximate surface area is 185 Å². The van der Waals surface area contributed by atoms with Crippen LogP contribution in [-0.2, 0) is 27.2 Å². The third-order valence-electron chi connectivity index (χ3n) is 6.04. The van der Waals surface area contributed by atoms with Crippen LogP contribution in [0.4, 0.5) is 10.6 Å². The van der Waals surface area contributed by atoms with Gasteiger partial charge in [0.25, 0.3) is 0 Å². The van der Waals surface area contributed by atoms with Crippen LogP contribution in [0.25, 0.3) is 11.1 Å². The van der Waals surface area contributed by atoms with Crippen LogP contribution in [0.3, 0.4) is 0 Å². The molecule has 2 amide bonds. The highest BCUT2D eigenvalue weighted by Crippen LogP contribution is 2.34. The first-order chi connectivity index (χ1) is 14.9. The Bertz CT molecular complexity index is 979. The summed E-state index contributed by atoms with van der Waals surface area (Å²) in [4.78, 5) is 28.1. The zero-order valence-corrected chi connectivity index (χ0v) is 18.1. The van der Waals surface area contributed by atoms with E-state index in [0.717, 1.165) is 42.5 Å². The average Bonchev–Trinajstić information content (AvgIpc) is 3.17. The summed E-state index contributed by atoms with van der Waals surface area (Å²) in [6.07, 6.45) is 6.78. The van der Waals surface area contributed by atoms with Gasteiger partial charge in [-0.1, -0.05) is 11.6 Å². The first-order valence-corrected chi connectivity index (χ1v) is 10.8. The number of methoxy groups -OCH3 is 1. The highest BCUT2D eigenvalue weighted by Gasteiger charge is 2.30. The zero-order chi connectivity index (χ0) is 22.0. The summed E-state index contributed by atoms with van der Waals surface area (Å²) in [5.74, 6) is 0.000275. The SMILES string of the molecule is COC1CCc2c(-c3cc(NC(=O)[C@H]4CCC[C@@H](OC(N)=O)C4)ncc3Cl)cnn2C1. The van der Waals surface area contributed by atoms with Crippen molar-refractivity contribution in [2.24, 2.45) is 11.7 Å². The van der Waals surface area contributed by atoms with Crippen molar-refractivity contribution in [1.29, 1.82) is 0 Å². The molecule has 4 rings (SSSR count). The minimum absolute atomic E-state index is 0.154.